The van der Waals surface area contributed by atoms with Crippen molar-refractivity contribution in [3.63, 3.8) is 0 Å². The van der Waals surface area contributed by atoms with Crippen molar-refractivity contribution < 1.29 is 0 Å². The Balaban J connectivity index is 1.85. The Labute approximate surface area is 147 Å². The highest BCUT2D eigenvalue weighted by Crippen LogP contribution is 2.41. The lowest BCUT2D eigenvalue weighted by Crippen LogP contribution is -2.15. The van der Waals surface area contributed by atoms with Crippen LogP contribution in [0.2, 0.25) is 0 Å². The van der Waals surface area contributed by atoms with Gasteiger partial charge in [-0.1, -0.05) is 83.3 Å². The van der Waals surface area contributed by atoms with E-state index in [2.05, 4.69) is 118 Å². The van der Waals surface area contributed by atoms with Crippen LogP contribution < -0.4 is 0 Å². The van der Waals surface area contributed by atoms with E-state index in [4.69, 9.17) is 0 Å². The molecule has 2 aromatic rings. The maximum absolute atomic E-state index is 2.56. The summed E-state index contributed by atoms with van der Waals surface area (Å²) >= 11 is 4.90. The molecule has 0 heterocycles. The molecular formula is C18H14I2. The predicted octanol–water partition coefficient (Wildman–Crippen LogP) is 5.97. The van der Waals surface area contributed by atoms with Crippen molar-refractivity contribution in [2.45, 2.75) is 9.84 Å². The van der Waals surface area contributed by atoms with Gasteiger partial charge in [0.1, 0.15) is 0 Å². The second-order valence-electron chi connectivity index (χ2n) is 4.93. The molecule has 0 radical (unpaired) electrons. The van der Waals surface area contributed by atoms with Crippen LogP contribution in [0.3, 0.4) is 0 Å². The number of hydrogen-bond donors (Lipinski definition) is 0. The predicted molar refractivity (Wildman–Crippen MR) is 103 cm³/mol. The lowest BCUT2D eigenvalue weighted by Gasteiger charge is -2.26. The first-order valence-electron chi connectivity index (χ1n) is 6.57. The van der Waals surface area contributed by atoms with Gasteiger partial charge in [0.15, 0.2) is 0 Å². The fourth-order valence-corrected chi connectivity index (χ4v) is 3.52. The van der Waals surface area contributed by atoms with Crippen LogP contribution in [0.25, 0.3) is 5.57 Å². The van der Waals surface area contributed by atoms with Crippen LogP contribution in [-0.4, -0.2) is 0 Å². The number of rotatable bonds is 2. The summed E-state index contributed by atoms with van der Waals surface area (Å²) in [5.41, 5.74) is 3.99. The number of allylic oxidation sites excluding steroid dienone is 4. The maximum atomic E-state index is 2.56. The van der Waals surface area contributed by atoms with E-state index < -0.39 is 0 Å². The number of hydrogen-bond acceptors (Lipinski definition) is 0. The SMILES string of the molecule is Ic1ccc(C2=CC[C@](I)(c3ccccc3)C=C2)cc1. The first-order valence-corrected chi connectivity index (χ1v) is 8.73. The van der Waals surface area contributed by atoms with Gasteiger partial charge in [-0.15, -0.1) is 0 Å². The molecule has 0 unspecified atom stereocenters. The standard InChI is InChI=1S/C18H14I2/c19-17-8-6-14(7-9-17)15-10-12-18(20,13-11-15)16-4-2-1-3-5-16/h1-12H,13H2/t18-/m0/s1. The molecule has 0 amide bonds. The molecule has 0 nitrogen and oxygen atoms in total. The topological polar surface area (TPSA) is 0 Å². The fraction of sp³-hybridized carbons (Fsp3) is 0.111. The van der Waals surface area contributed by atoms with E-state index in [1.54, 1.807) is 0 Å². The van der Waals surface area contributed by atoms with Gasteiger partial charge < -0.3 is 0 Å². The Bertz CT molecular complexity index is 654. The smallest absolute Gasteiger partial charge is 0.0687 e. The molecule has 1 atom stereocenters. The van der Waals surface area contributed by atoms with Crippen molar-refractivity contribution in [2.24, 2.45) is 0 Å². The second-order valence-corrected chi connectivity index (χ2v) is 8.10. The minimum absolute atomic E-state index is 0.0890. The zero-order chi connectivity index (χ0) is 14.0. The Morgan fingerprint density at radius 3 is 2.20 bits per heavy atom. The number of halogens is 2. The summed E-state index contributed by atoms with van der Waals surface area (Å²) < 4.78 is 1.37. The third-order valence-corrected chi connectivity index (χ3v) is 5.72. The first-order chi connectivity index (χ1) is 9.67. The lowest BCUT2D eigenvalue weighted by molar-refractivity contribution is 0.821. The van der Waals surface area contributed by atoms with Crippen LogP contribution in [0.5, 0.6) is 0 Å². The summed E-state index contributed by atoms with van der Waals surface area (Å²) in [6.07, 6.45) is 7.97. The molecular weight excluding hydrogens is 470 g/mol. The van der Waals surface area contributed by atoms with Crippen LogP contribution in [0.1, 0.15) is 17.5 Å². The van der Waals surface area contributed by atoms with Gasteiger partial charge in [-0.3, -0.25) is 0 Å². The van der Waals surface area contributed by atoms with Crippen molar-refractivity contribution in [1.82, 2.24) is 0 Å². The molecule has 0 bridgehead atoms. The zero-order valence-corrected chi connectivity index (χ0v) is 15.2. The van der Waals surface area contributed by atoms with E-state index in [1.807, 2.05) is 0 Å². The van der Waals surface area contributed by atoms with Crippen LogP contribution in [0, 0.1) is 3.57 Å². The highest BCUT2D eigenvalue weighted by Gasteiger charge is 2.26. The largest absolute Gasteiger partial charge is 0.0747 e. The van der Waals surface area contributed by atoms with E-state index in [0.29, 0.717) is 0 Å². The summed E-state index contributed by atoms with van der Waals surface area (Å²) in [4.78, 5) is 0. The molecule has 0 aromatic heterocycles. The molecule has 20 heavy (non-hydrogen) atoms. The van der Waals surface area contributed by atoms with Crippen LogP contribution in [0.4, 0.5) is 0 Å². The second kappa shape index (κ2) is 6.02. The van der Waals surface area contributed by atoms with Crippen LogP contribution >= 0.6 is 45.2 Å². The average molecular weight is 484 g/mol. The van der Waals surface area contributed by atoms with Crippen LogP contribution in [-0.2, 0) is 3.42 Å². The Morgan fingerprint density at radius 1 is 0.900 bits per heavy atom. The molecule has 0 spiro atoms. The van der Waals surface area contributed by atoms with Crippen molar-refractivity contribution in [3.8, 4) is 0 Å². The van der Waals surface area contributed by atoms with Gasteiger partial charge in [0.2, 0.25) is 0 Å². The summed E-state index contributed by atoms with van der Waals surface area (Å²) in [6, 6.07) is 19.4. The minimum Gasteiger partial charge on any atom is -0.0747 e. The highest BCUT2D eigenvalue weighted by atomic mass is 127. The van der Waals surface area contributed by atoms with Gasteiger partial charge in [0.05, 0.1) is 3.42 Å². The van der Waals surface area contributed by atoms with Gasteiger partial charge in [-0.25, -0.2) is 0 Å². The summed E-state index contributed by atoms with van der Waals surface area (Å²) in [6.45, 7) is 0. The number of benzene rings is 2. The van der Waals surface area contributed by atoms with Crippen LogP contribution in [0.15, 0.2) is 72.8 Å². The molecule has 0 aliphatic heterocycles. The van der Waals surface area contributed by atoms with E-state index in [-0.39, 0.29) is 3.42 Å². The zero-order valence-electron chi connectivity index (χ0n) is 10.9. The fourth-order valence-electron chi connectivity index (χ4n) is 2.40. The molecule has 0 fully saturated rings. The molecule has 1 aliphatic rings. The van der Waals surface area contributed by atoms with Gasteiger partial charge in [0, 0.05) is 3.57 Å². The van der Waals surface area contributed by atoms with E-state index >= 15 is 0 Å². The number of alkyl halides is 1. The monoisotopic (exact) mass is 484 g/mol. The molecule has 100 valence electrons. The molecule has 2 heteroatoms. The molecule has 0 N–H and O–H groups in total. The van der Waals surface area contributed by atoms with E-state index in [9.17, 15) is 0 Å². The lowest BCUT2D eigenvalue weighted by atomic mass is 9.88. The van der Waals surface area contributed by atoms with Gasteiger partial charge in [-0.05, 0) is 57.8 Å². The van der Waals surface area contributed by atoms with Crippen molar-refractivity contribution >= 4 is 50.8 Å². The normalized spacial score (nSPS) is 21.6. The molecule has 0 saturated carbocycles. The first kappa shape index (κ1) is 14.3. The molecule has 2 aromatic carbocycles. The van der Waals surface area contributed by atoms with Crippen molar-refractivity contribution in [1.29, 1.82) is 0 Å². The quantitative estimate of drug-likeness (QED) is 0.365. The Morgan fingerprint density at radius 2 is 1.60 bits per heavy atom. The minimum atomic E-state index is 0.0890. The molecule has 1 aliphatic carbocycles. The van der Waals surface area contributed by atoms with Crippen molar-refractivity contribution in [3.05, 3.63) is 87.5 Å². The third-order valence-electron chi connectivity index (χ3n) is 3.58. The van der Waals surface area contributed by atoms with E-state index in [0.717, 1.165) is 6.42 Å². The van der Waals surface area contributed by atoms with E-state index in [1.165, 1.54) is 20.3 Å². The molecule has 0 saturated heterocycles. The Kier molecular flexibility index (Phi) is 4.31. The summed E-state index contributed by atoms with van der Waals surface area (Å²) in [5.74, 6) is 0. The van der Waals surface area contributed by atoms with Gasteiger partial charge in [0.25, 0.3) is 0 Å². The summed E-state index contributed by atoms with van der Waals surface area (Å²) in [5, 5.41) is 0. The average Bonchev–Trinajstić information content (AvgIpc) is 2.50. The Hall–Kier alpha value is -0.620. The molecule has 3 rings (SSSR count). The summed E-state index contributed by atoms with van der Waals surface area (Å²) in [7, 11) is 0. The third kappa shape index (κ3) is 3.01. The van der Waals surface area contributed by atoms with Crippen molar-refractivity contribution in [2.75, 3.05) is 0 Å². The maximum Gasteiger partial charge on any atom is 0.0687 e. The van der Waals surface area contributed by atoms with Gasteiger partial charge >= 0.3 is 0 Å². The van der Waals surface area contributed by atoms with Gasteiger partial charge in [-0.2, -0.15) is 0 Å². The highest BCUT2D eigenvalue weighted by molar-refractivity contribution is 14.1.